The van der Waals surface area contributed by atoms with Gasteiger partial charge in [0.1, 0.15) is 5.82 Å². The van der Waals surface area contributed by atoms with Crippen LogP contribution >= 0.6 is 12.2 Å². The van der Waals surface area contributed by atoms with Crippen molar-refractivity contribution in [2.45, 2.75) is 57.9 Å². The van der Waals surface area contributed by atoms with Gasteiger partial charge in [0.25, 0.3) is 0 Å². The van der Waals surface area contributed by atoms with E-state index in [-0.39, 0.29) is 5.54 Å². The summed E-state index contributed by atoms with van der Waals surface area (Å²) >= 11 is 5.30. The number of aromatic amines is 1. The molecule has 3 nitrogen and oxygen atoms in total. The highest BCUT2D eigenvalue weighted by Gasteiger charge is 2.27. The molecule has 1 aromatic heterocycles. The summed E-state index contributed by atoms with van der Waals surface area (Å²) in [6.07, 6.45) is 5.17. The molecule has 1 fully saturated rings. The molecule has 1 aliphatic carbocycles. The number of H-pyrrole nitrogens is 1. The second-order valence-electron chi connectivity index (χ2n) is 5.37. The van der Waals surface area contributed by atoms with E-state index in [2.05, 4.69) is 35.5 Å². The zero-order valence-corrected chi connectivity index (χ0v) is 10.5. The van der Waals surface area contributed by atoms with Gasteiger partial charge in [-0.3, -0.25) is 9.67 Å². The van der Waals surface area contributed by atoms with E-state index in [0.717, 1.165) is 10.6 Å². The zero-order valence-electron chi connectivity index (χ0n) is 9.71. The minimum absolute atomic E-state index is 0.0298. The lowest BCUT2D eigenvalue weighted by Crippen LogP contribution is -2.25. The molecule has 4 heteroatoms. The van der Waals surface area contributed by atoms with Gasteiger partial charge in [0.2, 0.25) is 0 Å². The molecular formula is C11H19N3S. The Morgan fingerprint density at radius 2 is 1.93 bits per heavy atom. The van der Waals surface area contributed by atoms with Crippen molar-refractivity contribution in [2.24, 2.45) is 0 Å². The van der Waals surface area contributed by atoms with E-state index < -0.39 is 0 Å². The number of hydrogen-bond acceptors (Lipinski definition) is 2. The van der Waals surface area contributed by atoms with Crippen LogP contribution in [0.25, 0.3) is 0 Å². The van der Waals surface area contributed by atoms with E-state index in [9.17, 15) is 0 Å². The Hall–Kier alpha value is -0.640. The summed E-state index contributed by atoms with van der Waals surface area (Å²) in [4.78, 5) is 0. The van der Waals surface area contributed by atoms with Gasteiger partial charge in [-0.25, -0.2) is 0 Å². The molecule has 15 heavy (non-hydrogen) atoms. The Kier molecular flexibility index (Phi) is 2.71. The first-order valence-corrected chi connectivity index (χ1v) is 6.09. The minimum atomic E-state index is 0.0298. The Balaban J connectivity index is 2.43. The molecule has 1 heterocycles. The molecule has 1 aromatic rings. The third-order valence-electron chi connectivity index (χ3n) is 3.09. The van der Waals surface area contributed by atoms with Crippen molar-refractivity contribution in [1.29, 1.82) is 0 Å². The lowest BCUT2D eigenvalue weighted by Gasteiger charge is -2.24. The van der Waals surface area contributed by atoms with Crippen LogP contribution in [0.5, 0.6) is 0 Å². The van der Waals surface area contributed by atoms with Gasteiger partial charge < -0.3 is 0 Å². The highest BCUT2D eigenvalue weighted by Crippen LogP contribution is 2.34. The van der Waals surface area contributed by atoms with Crippen LogP contribution < -0.4 is 0 Å². The first-order chi connectivity index (χ1) is 7.00. The SMILES string of the molecule is CC(C)(C)n1c(C2CCCC2)n[nH]c1=S. The van der Waals surface area contributed by atoms with Crippen LogP contribution in [0.15, 0.2) is 0 Å². The maximum absolute atomic E-state index is 5.30. The van der Waals surface area contributed by atoms with Crippen molar-refractivity contribution in [3.8, 4) is 0 Å². The fourth-order valence-corrected chi connectivity index (χ4v) is 2.83. The van der Waals surface area contributed by atoms with Crippen molar-refractivity contribution in [3.05, 3.63) is 10.6 Å². The van der Waals surface area contributed by atoms with Crippen molar-refractivity contribution in [1.82, 2.24) is 14.8 Å². The summed E-state index contributed by atoms with van der Waals surface area (Å²) in [5.41, 5.74) is 0.0298. The lowest BCUT2D eigenvalue weighted by atomic mass is 10.0. The Labute approximate surface area is 95.9 Å². The summed E-state index contributed by atoms with van der Waals surface area (Å²) in [6.45, 7) is 6.53. The van der Waals surface area contributed by atoms with Gasteiger partial charge in [0, 0.05) is 11.5 Å². The molecule has 0 atom stereocenters. The number of aromatic nitrogens is 3. The van der Waals surface area contributed by atoms with Crippen molar-refractivity contribution < 1.29 is 0 Å². The van der Waals surface area contributed by atoms with E-state index in [1.807, 2.05) is 0 Å². The van der Waals surface area contributed by atoms with E-state index in [1.165, 1.54) is 25.7 Å². The molecule has 84 valence electrons. The first-order valence-electron chi connectivity index (χ1n) is 5.68. The molecule has 1 N–H and O–H groups in total. The smallest absolute Gasteiger partial charge is 0.195 e. The van der Waals surface area contributed by atoms with Crippen LogP contribution in [0.2, 0.25) is 0 Å². The summed E-state index contributed by atoms with van der Waals surface area (Å²) < 4.78 is 2.93. The maximum Gasteiger partial charge on any atom is 0.195 e. The second kappa shape index (κ2) is 3.74. The molecule has 2 rings (SSSR count). The molecule has 0 saturated heterocycles. The number of nitrogens with one attached hydrogen (secondary N) is 1. The number of nitrogens with zero attached hydrogens (tertiary/aromatic N) is 2. The Morgan fingerprint density at radius 3 is 2.47 bits per heavy atom. The minimum Gasteiger partial charge on any atom is -0.299 e. The summed E-state index contributed by atoms with van der Waals surface area (Å²) in [6, 6.07) is 0. The zero-order chi connectivity index (χ0) is 11.1. The van der Waals surface area contributed by atoms with E-state index in [1.54, 1.807) is 0 Å². The van der Waals surface area contributed by atoms with Crippen LogP contribution in [0, 0.1) is 4.77 Å². The van der Waals surface area contributed by atoms with E-state index >= 15 is 0 Å². The average Bonchev–Trinajstić information content (AvgIpc) is 2.68. The van der Waals surface area contributed by atoms with E-state index in [0.29, 0.717) is 5.92 Å². The normalized spacial score (nSPS) is 18.6. The molecule has 1 aliphatic rings. The predicted molar refractivity (Wildman–Crippen MR) is 63.6 cm³/mol. The molecule has 1 saturated carbocycles. The van der Waals surface area contributed by atoms with Crippen LogP contribution in [0.4, 0.5) is 0 Å². The van der Waals surface area contributed by atoms with E-state index in [4.69, 9.17) is 12.2 Å². The highest BCUT2D eigenvalue weighted by atomic mass is 32.1. The molecule has 0 bridgehead atoms. The van der Waals surface area contributed by atoms with Crippen molar-refractivity contribution in [3.63, 3.8) is 0 Å². The topological polar surface area (TPSA) is 33.6 Å². The number of hydrogen-bond donors (Lipinski definition) is 1. The molecule has 0 aromatic carbocycles. The third kappa shape index (κ3) is 2.00. The summed E-state index contributed by atoms with van der Waals surface area (Å²) in [5.74, 6) is 1.77. The molecule has 0 amide bonds. The van der Waals surface area contributed by atoms with Gasteiger partial charge in [-0.15, -0.1) is 0 Å². The van der Waals surface area contributed by atoms with Gasteiger partial charge in [-0.2, -0.15) is 5.10 Å². The number of rotatable bonds is 1. The quantitative estimate of drug-likeness (QED) is 0.744. The fourth-order valence-electron chi connectivity index (χ4n) is 2.42. The van der Waals surface area contributed by atoms with Gasteiger partial charge in [0.15, 0.2) is 4.77 Å². The molecule has 0 unspecified atom stereocenters. The second-order valence-corrected chi connectivity index (χ2v) is 5.76. The van der Waals surface area contributed by atoms with Crippen molar-refractivity contribution >= 4 is 12.2 Å². The predicted octanol–water partition coefficient (Wildman–Crippen LogP) is 3.35. The van der Waals surface area contributed by atoms with Gasteiger partial charge in [-0.05, 0) is 45.8 Å². The summed E-state index contributed by atoms with van der Waals surface area (Å²) in [5, 5.41) is 7.35. The van der Waals surface area contributed by atoms with Crippen LogP contribution in [-0.2, 0) is 5.54 Å². The molecular weight excluding hydrogens is 206 g/mol. The third-order valence-corrected chi connectivity index (χ3v) is 3.36. The fraction of sp³-hybridized carbons (Fsp3) is 0.818. The Bertz CT molecular complexity index is 391. The van der Waals surface area contributed by atoms with Gasteiger partial charge in [0.05, 0.1) is 0 Å². The maximum atomic E-state index is 5.30. The molecule has 0 aliphatic heterocycles. The monoisotopic (exact) mass is 225 g/mol. The Morgan fingerprint density at radius 1 is 1.33 bits per heavy atom. The molecule has 0 spiro atoms. The van der Waals surface area contributed by atoms with Crippen LogP contribution in [0.3, 0.4) is 0 Å². The van der Waals surface area contributed by atoms with Gasteiger partial charge in [-0.1, -0.05) is 12.8 Å². The standard InChI is InChI=1S/C11H19N3S/c1-11(2,3)14-9(12-13-10(14)15)8-6-4-5-7-8/h8H,4-7H2,1-3H3,(H,13,15). The summed E-state index contributed by atoms with van der Waals surface area (Å²) in [7, 11) is 0. The highest BCUT2D eigenvalue weighted by molar-refractivity contribution is 7.71. The van der Waals surface area contributed by atoms with Gasteiger partial charge >= 0.3 is 0 Å². The van der Waals surface area contributed by atoms with Crippen LogP contribution in [0.1, 0.15) is 58.2 Å². The largest absolute Gasteiger partial charge is 0.299 e. The lowest BCUT2D eigenvalue weighted by molar-refractivity contribution is 0.367. The average molecular weight is 225 g/mol. The first kappa shape index (κ1) is 10.9. The van der Waals surface area contributed by atoms with Crippen LogP contribution in [-0.4, -0.2) is 14.8 Å². The van der Waals surface area contributed by atoms with Crippen molar-refractivity contribution in [2.75, 3.05) is 0 Å². The molecule has 0 radical (unpaired) electrons.